The molecular formula is C26H19Cl2FN4O2S. The Morgan fingerprint density at radius 2 is 1.81 bits per heavy atom. The van der Waals surface area contributed by atoms with Crippen molar-refractivity contribution in [1.29, 1.82) is 0 Å². The number of benzene rings is 3. The van der Waals surface area contributed by atoms with Crippen molar-refractivity contribution in [3.63, 3.8) is 0 Å². The van der Waals surface area contributed by atoms with Gasteiger partial charge in [-0.05, 0) is 59.7 Å². The molecule has 0 fully saturated rings. The molecule has 3 aromatic rings. The first-order valence-electron chi connectivity index (χ1n) is 11.1. The van der Waals surface area contributed by atoms with E-state index in [4.69, 9.17) is 28.3 Å². The molecule has 182 valence electrons. The van der Waals surface area contributed by atoms with Gasteiger partial charge in [0, 0.05) is 28.6 Å². The number of rotatable bonds is 5. The Bertz CT molecular complexity index is 1380. The van der Waals surface area contributed by atoms with Gasteiger partial charge in [-0.2, -0.15) is 10.1 Å². The Labute approximate surface area is 221 Å². The van der Waals surface area contributed by atoms with Gasteiger partial charge < -0.3 is 5.32 Å². The van der Waals surface area contributed by atoms with Crippen molar-refractivity contribution in [2.45, 2.75) is 24.1 Å². The third kappa shape index (κ3) is 5.46. The lowest BCUT2D eigenvalue weighted by atomic mass is 9.98. The number of hydrogen-bond donors (Lipinski definition) is 1. The van der Waals surface area contributed by atoms with Gasteiger partial charge in [0.2, 0.25) is 5.91 Å². The van der Waals surface area contributed by atoms with Gasteiger partial charge in [-0.15, -0.1) is 0 Å². The minimum atomic E-state index is -0.669. The number of aliphatic imine (C=N–C) groups is 1. The standard InChI is InChI=1S/C26H19Cl2FN4O2S/c27-17-6-10-20(11-7-17)30-24(34)14-23-25(35)31-26(36-23)33-22(16-2-1-3-18(28)12-16)13-21(32-33)15-4-8-19(29)9-5-15/h1-12,22-23H,13-14H2,(H,30,34)/t22-,23+/m1/s1. The topological polar surface area (TPSA) is 74.1 Å². The van der Waals surface area contributed by atoms with Crippen LogP contribution in [-0.2, 0) is 9.59 Å². The molecular weight excluding hydrogens is 522 g/mol. The van der Waals surface area contributed by atoms with E-state index in [0.717, 1.165) is 16.8 Å². The van der Waals surface area contributed by atoms with Crippen LogP contribution >= 0.6 is 35.0 Å². The number of amidine groups is 1. The number of halogens is 3. The van der Waals surface area contributed by atoms with Gasteiger partial charge in [0.1, 0.15) is 11.1 Å². The summed E-state index contributed by atoms with van der Waals surface area (Å²) in [4.78, 5) is 29.5. The van der Waals surface area contributed by atoms with E-state index in [-0.39, 0.29) is 24.2 Å². The van der Waals surface area contributed by atoms with Crippen molar-refractivity contribution in [2.24, 2.45) is 10.1 Å². The molecule has 0 aliphatic carbocycles. The molecule has 2 amide bonds. The molecule has 3 aromatic carbocycles. The summed E-state index contributed by atoms with van der Waals surface area (Å²) in [6.45, 7) is 0. The Balaban J connectivity index is 1.35. The number of carbonyl (C=O) groups is 2. The summed E-state index contributed by atoms with van der Waals surface area (Å²) in [5, 5.41) is 10.1. The Morgan fingerprint density at radius 3 is 2.53 bits per heavy atom. The van der Waals surface area contributed by atoms with E-state index in [1.807, 2.05) is 18.2 Å². The maximum atomic E-state index is 13.5. The number of carbonyl (C=O) groups excluding carboxylic acids is 2. The van der Waals surface area contributed by atoms with Crippen LogP contribution in [0.4, 0.5) is 10.1 Å². The predicted octanol–water partition coefficient (Wildman–Crippen LogP) is 6.31. The van der Waals surface area contributed by atoms with E-state index in [2.05, 4.69) is 10.3 Å². The summed E-state index contributed by atoms with van der Waals surface area (Å²) in [6, 6.07) is 20.0. The monoisotopic (exact) mass is 540 g/mol. The van der Waals surface area contributed by atoms with Gasteiger partial charge in [0.15, 0.2) is 5.17 Å². The smallest absolute Gasteiger partial charge is 0.262 e. The third-order valence-corrected chi connectivity index (χ3v) is 7.37. The van der Waals surface area contributed by atoms with E-state index < -0.39 is 11.2 Å². The molecule has 2 aliphatic rings. The number of hydrogen-bond acceptors (Lipinski definition) is 5. The number of hydrazone groups is 1. The van der Waals surface area contributed by atoms with Crippen molar-refractivity contribution in [2.75, 3.05) is 5.32 Å². The van der Waals surface area contributed by atoms with Gasteiger partial charge in [-0.3, -0.25) is 9.59 Å². The molecule has 6 nitrogen and oxygen atoms in total. The van der Waals surface area contributed by atoms with Crippen LogP contribution in [-0.4, -0.2) is 33.0 Å². The fraction of sp³-hybridized carbons (Fsp3) is 0.154. The first-order valence-corrected chi connectivity index (χ1v) is 12.7. The minimum absolute atomic E-state index is 0.0384. The average Bonchev–Trinajstić information content (AvgIpc) is 3.45. The lowest BCUT2D eigenvalue weighted by molar-refractivity contribution is -0.121. The summed E-state index contributed by atoms with van der Waals surface area (Å²) in [6.07, 6.45) is 0.477. The lowest BCUT2D eigenvalue weighted by Crippen LogP contribution is -2.25. The molecule has 0 saturated heterocycles. The van der Waals surface area contributed by atoms with Gasteiger partial charge in [0.25, 0.3) is 5.91 Å². The van der Waals surface area contributed by atoms with Gasteiger partial charge >= 0.3 is 0 Å². The zero-order valence-corrected chi connectivity index (χ0v) is 21.0. The van der Waals surface area contributed by atoms with Crippen molar-refractivity contribution < 1.29 is 14.0 Å². The third-order valence-electron chi connectivity index (χ3n) is 5.74. The molecule has 1 N–H and O–H groups in total. The molecule has 36 heavy (non-hydrogen) atoms. The highest BCUT2D eigenvalue weighted by molar-refractivity contribution is 8.15. The molecule has 0 spiro atoms. The Morgan fingerprint density at radius 1 is 1.06 bits per heavy atom. The fourth-order valence-electron chi connectivity index (χ4n) is 4.00. The molecule has 0 radical (unpaired) electrons. The molecule has 2 atom stereocenters. The zero-order valence-electron chi connectivity index (χ0n) is 18.7. The van der Waals surface area contributed by atoms with Crippen LogP contribution in [0, 0.1) is 5.82 Å². The molecule has 0 bridgehead atoms. The van der Waals surface area contributed by atoms with E-state index in [0.29, 0.717) is 27.3 Å². The van der Waals surface area contributed by atoms with Crippen LogP contribution in [0.2, 0.25) is 10.0 Å². The summed E-state index contributed by atoms with van der Waals surface area (Å²) in [7, 11) is 0. The molecule has 2 aliphatic heterocycles. The number of anilines is 1. The first-order chi connectivity index (χ1) is 17.4. The normalized spacial score (nSPS) is 19.3. The number of nitrogens with zero attached hydrogens (tertiary/aromatic N) is 3. The fourth-order valence-corrected chi connectivity index (χ4v) is 5.38. The van der Waals surface area contributed by atoms with Crippen LogP contribution in [0.3, 0.4) is 0 Å². The molecule has 2 heterocycles. The number of nitrogens with one attached hydrogen (secondary N) is 1. The summed E-state index contributed by atoms with van der Waals surface area (Å²) < 4.78 is 13.5. The second-order valence-corrected chi connectivity index (χ2v) is 10.3. The highest BCUT2D eigenvalue weighted by atomic mass is 35.5. The minimum Gasteiger partial charge on any atom is -0.326 e. The predicted molar refractivity (Wildman–Crippen MR) is 142 cm³/mol. The summed E-state index contributed by atoms with van der Waals surface area (Å²) >= 11 is 13.3. The quantitative estimate of drug-likeness (QED) is 0.411. The van der Waals surface area contributed by atoms with Crippen LogP contribution in [0.1, 0.15) is 30.0 Å². The highest BCUT2D eigenvalue weighted by Crippen LogP contribution is 2.39. The second-order valence-electron chi connectivity index (χ2n) is 8.27. The van der Waals surface area contributed by atoms with Crippen molar-refractivity contribution in [3.05, 3.63) is 99.8 Å². The maximum absolute atomic E-state index is 13.5. The lowest BCUT2D eigenvalue weighted by Gasteiger charge is -2.23. The van der Waals surface area contributed by atoms with E-state index in [1.54, 1.807) is 47.5 Å². The second kappa shape index (κ2) is 10.4. The SMILES string of the molecule is O=C(C[C@@H]1SC(N2N=C(c3ccc(F)cc3)C[C@@H]2c2cccc(Cl)c2)=NC1=O)Nc1ccc(Cl)cc1. The van der Waals surface area contributed by atoms with Crippen molar-refractivity contribution >= 4 is 63.3 Å². The van der Waals surface area contributed by atoms with Crippen LogP contribution < -0.4 is 5.32 Å². The molecule has 0 unspecified atom stereocenters. The molecule has 0 saturated carbocycles. The van der Waals surface area contributed by atoms with Crippen molar-refractivity contribution in [3.8, 4) is 0 Å². The largest absolute Gasteiger partial charge is 0.326 e. The summed E-state index contributed by atoms with van der Waals surface area (Å²) in [5.74, 6) is -1.03. The average molecular weight is 541 g/mol. The number of thioether (sulfide) groups is 1. The van der Waals surface area contributed by atoms with E-state index in [9.17, 15) is 14.0 Å². The zero-order chi connectivity index (χ0) is 25.2. The Kier molecular flexibility index (Phi) is 7.09. The van der Waals surface area contributed by atoms with Crippen LogP contribution in [0.25, 0.3) is 0 Å². The van der Waals surface area contributed by atoms with Crippen LogP contribution in [0.15, 0.2) is 82.9 Å². The summed E-state index contributed by atoms with van der Waals surface area (Å²) in [5.41, 5.74) is 3.01. The highest BCUT2D eigenvalue weighted by Gasteiger charge is 2.39. The van der Waals surface area contributed by atoms with Gasteiger partial charge in [-0.1, -0.05) is 59.2 Å². The van der Waals surface area contributed by atoms with Crippen LogP contribution in [0.5, 0.6) is 0 Å². The Hall–Kier alpha value is -3.20. The van der Waals surface area contributed by atoms with Crippen molar-refractivity contribution in [1.82, 2.24) is 5.01 Å². The van der Waals surface area contributed by atoms with E-state index >= 15 is 0 Å². The molecule has 0 aromatic heterocycles. The van der Waals surface area contributed by atoms with Gasteiger partial charge in [0.05, 0.1) is 11.8 Å². The first kappa shape index (κ1) is 24.5. The van der Waals surface area contributed by atoms with Gasteiger partial charge in [-0.25, -0.2) is 9.40 Å². The molecule has 5 rings (SSSR count). The maximum Gasteiger partial charge on any atom is 0.262 e. The van der Waals surface area contributed by atoms with E-state index in [1.165, 1.54) is 23.9 Å². The number of amides is 2. The molecule has 10 heteroatoms.